The summed E-state index contributed by atoms with van der Waals surface area (Å²) in [5.74, 6) is 0.332. The van der Waals surface area contributed by atoms with Gasteiger partial charge < -0.3 is 4.74 Å². The van der Waals surface area contributed by atoms with Crippen molar-refractivity contribution in [2.75, 3.05) is 26.3 Å². The molecule has 2 aliphatic rings. The van der Waals surface area contributed by atoms with Gasteiger partial charge in [0.1, 0.15) is 6.61 Å². The summed E-state index contributed by atoms with van der Waals surface area (Å²) in [5, 5.41) is 0. The zero-order valence-corrected chi connectivity index (χ0v) is 11.0. The lowest BCUT2D eigenvalue weighted by Gasteiger charge is -2.42. The molecule has 98 valence electrons. The van der Waals surface area contributed by atoms with E-state index in [4.69, 9.17) is 4.74 Å². The van der Waals surface area contributed by atoms with Crippen molar-refractivity contribution >= 4 is 5.78 Å². The van der Waals surface area contributed by atoms with Crippen LogP contribution < -0.4 is 0 Å². The maximum absolute atomic E-state index is 12.5. The number of ketones is 1. The van der Waals surface area contributed by atoms with E-state index in [9.17, 15) is 4.79 Å². The molecular weight excluding hydrogens is 214 g/mol. The molecule has 0 spiro atoms. The Labute approximate surface area is 105 Å². The molecule has 0 aromatic heterocycles. The molecule has 1 aliphatic heterocycles. The zero-order chi connectivity index (χ0) is 12.1. The Morgan fingerprint density at radius 1 is 1.12 bits per heavy atom. The second-order valence-corrected chi connectivity index (χ2v) is 5.35. The molecule has 0 aromatic rings. The SMILES string of the molecule is CCOCC(=O)C1(N2CCCCC2)CCCC1. The molecule has 0 aromatic carbocycles. The van der Waals surface area contributed by atoms with Gasteiger partial charge >= 0.3 is 0 Å². The minimum absolute atomic E-state index is 0.157. The number of hydrogen-bond donors (Lipinski definition) is 0. The summed E-state index contributed by atoms with van der Waals surface area (Å²) in [6.45, 7) is 5.13. The number of ether oxygens (including phenoxy) is 1. The highest BCUT2D eigenvalue weighted by atomic mass is 16.5. The van der Waals surface area contributed by atoms with Gasteiger partial charge in [-0.1, -0.05) is 19.3 Å². The molecule has 0 bridgehead atoms. The highest BCUT2D eigenvalue weighted by molar-refractivity contribution is 5.89. The Bertz CT molecular complexity index is 253. The summed E-state index contributed by atoms with van der Waals surface area (Å²) >= 11 is 0. The smallest absolute Gasteiger partial charge is 0.178 e. The summed E-state index contributed by atoms with van der Waals surface area (Å²) in [6, 6.07) is 0. The molecule has 1 aliphatic carbocycles. The molecule has 2 rings (SSSR count). The van der Waals surface area contributed by atoms with Crippen LogP contribution in [0.3, 0.4) is 0 Å². The van der Waals surface area contributed by atoms with Crippen LogP contribution in [0.5, 0.6) is 0 Å². The summed E-state index contributed by atoms with van der Waals surface area (Å²) in [5.41, 5.74) is -0.157. The standard InChI is InChI=1S/C14H25NO2/c1-2-17-12-13(16)14(8-4-5-9-14)15-10-6-3-7-11-15/h2-12H2,1H3. The summed E-state index contributed by atoms with van der Waals surface area (Å²) in [7, 11) is 0. The van der Waals surface area contributed by atoms with Gasteiger partial charge in [-0.15, -0.1) is 0 Å². The van der Waals surface area contributed by atoms with Crippen molar-refractivity contribution < 1.29 is 9.53 Å². The lowest BCUT2D eigenvalue weighted by Crippen LogP contribution is -2.55. The fraction of sp³-hybridized carbons (Fsp3) is 0.929. The quantitative estimate of drug-likeness (QED) is 0.738. The van der Waals surface area contributed by atoms with Crippen molar-refractivity contribution in [2.24, 2.45) is 0 Å². The van der Waals surface area contributed by atoms with Crippen LogP contribution >= 0.6 is 0 Å². The van der Waals surface area contributed by atoms with E-state index in [1.54, 1.807) is 0 Å². The van der Waals surface area contributed by atoms with Gasteiger partial charge in [0.25, 0.3) is 0 Å². The molecule has 0 atom stereocenters. The lowest BCUT2D eigenvalue weighted by atomic mass is 9.88. The van der Waals surface area contributed by atoms with Crippen LogP contribution in [0, 0.1) is 0 Å². The van der Waals surface area contributed by atoms with E-state index < -0.39 is 0 Å². The first-order chi connectivity index (χ1) is 8.29. The number of hydrogen-bond acceptors (Lipinski definition) is 3. The van der Waals surface area contributed by atoms with E-state index in [0.717, 1.165) is 25.9 Å². The third kappa shape index (κ3) is 2.71. The molecule has 3 heteroatoms. The van der Waals surface area contributed by atoms with Crippen LogP contribution in [-0.4, -0.2) is 42.5 Å². The van der Waals surface area contributed by atoms with Crippen molar-refractivity contribution in [3.05, 3.63) is 0 Å². The van der Waals surface area contributed by atoms with Crippen molar-refractivity contribution in [2.45, 2.75) is 57.4 Å². The maximum Gasteiger partial charge on any atom is 0.178 e. The molecule has 17 heavy (non-hydrogen) atoms. The Morgan fingerprint density at radius 3 is 2.35 bits per heavy atom. The minimum Gasteiger partial charge on any atom is -0.374 e. The molecule has 1 saturated carbocycles. The fourth-order valence-electron chi connectivity index (χ4n) is 3.38. The van der Waals surface area contributed by atoms with Gasteiger partial charge in [0.05, 0.1) is 5.54 Å². The lowest BCUT2D eigenvalue weighted by molar-refractivity contribution is -0.136. The summed E-state index contributed by atoms with van der Waals surface area (Å²) < 4.78 is 5.35. The van der Waals surface area contributed by atoms with Gasteiger partial charge in [0.15, 0.2) is 5.78 Å². The minimum atomic E-state index is -0.157. The van der Waals surface area contributed by atoms with Crippen molar-refractivity contribution in [3.63, 3.8) is 0 Å². The van der Waals surface area contributed by atoms with Crippen LogP contribution in [0.25, 0.3) is 0 Å². The molecule has 0 N–H and O–H groups in total. The predicted molar refractivity (Wildman–Crippen MR) is 68.1 cm³/mol. The largest absolute Gasteiger partial charge is 0.374 e. The fourth-order valence-corrected chi connectivity index (χ4v) is 3.38. The van der Waals surface area contributed by atoms with E-state index in [1.807, 2.05) is 6.92 Å². The van der Waals surface area contributed by atoms with Crippen molar-refractivity contribution in [1.29, 1.82) is 0 Å². The highest BCUT2D eigenvalue weighted by Crippen LogP contribution is 2.37. The first kappa shape index (κ1) is 13.0. The molecule has 1 heterocycles. The number of carbonyl (C=O) groups is 1. The summed E-state index contributed by atoms with van der Waals surface area (Å²) in [4.78, 5) is 14.9. The number of carbonyl (C=O) groups excluding carboxylic acids is 1. The first-order valence-corrected chi connectivity index (χ1v) is 7.16. The average molecular weight is 239 g/mol. The van der Waals surface area contributed by atoms with E-state index in [0.29, 0.717) is 19.0 Å². The third-order valence-corrected chi connectivity index (χ3v) is 4.35. The van der Waals surface area contributed by atoms with E-state index in [1.165, 1.54) is 32.1 Å². The number of piperidine rings is 1. The normalized spacial score (nSPS) is 25.0. The molecule has 3 nitrogen and oxygen atoms in total. The van der Waals surface area contributed by atoms with Gasteiger partial charge in [-0.3, -0.25) is 9.69 Å². The highest BCUT2D eigenvalue weighted by Gasteiger charge is 2.45. The molecule has 1 saturated heterocycles. The second kappa shape index (κ2) is 5.96. The Kier molecular flexibility index (Phi) is 4.57. The second-order valence-electron chi connectivity index (χ2n) is 5.35. The van der Waals surface area contributed by atoms with Crippen LogP contribution in [0.1, 0.15) is 51.9 Å². The molecule has 2 fully saturated rings. The Balaban J connectivity index is 2.05. The van der Waals surface area contributed by atoms with Gasteiger partial charge in [0.2, 0.25) is 0 Å². The maximum atomic E-state index is 12.5. The van der Waals surface area contributed by atoms with Crippen molar-refractivity contribution in [3.8, 4) is 0 Å². The van der Waals surface area contributed by atoms with E-state index in [2.05, 4.69) is 4.90 Å². The van der Waals surface area contributed by atoms with Crippen molar-refractivity contribution in [1.82, 2.24) is 4.90 Å². The molecule has 0 unspecified atom stereocenters. The van der Waals surface area contributed by atoms with Crippen LogP contribution in [-0.2, 0) is 9.53 Å². The number of Topliss-reactive ketones (excluding diaryl/α,β-unsaturated/α-hetero) is 1. The Hall–Kier alpha value is -0.410. The average Bonchev–Trinajstić information content (AvgIpc) is 2.87. The van der Waals surface area contributed by atoms with Gasteiger partial charge in [-0.05, 0) is 45.7 Å². The van der Waals surface area contributed by atoms with Crippen LogP contribution in [0.15, 0.2) is 0 Å². The van der Waals surface area contributed by atoms with Crippen LogP contribution in [0.4, 0.5) is 0 Å². The topological polar surface area (TPSA) is 29.5 Å². The molecule has 0 amide bonds. The Morgan fingerprint density at radius 2 is 1.76 bits per heavy atom. The zero-order valence-electron chi connectivity index (χ0n) is 11.0. The summed E-state index contributed by atoms with van der Waals surface area (Å²) in [6.07, 6.45) is 8.35. The number of nitrogens with zero attached hydrogens (tertiary/aromatic N) is 1. The molecular formula is C14H25NO2. The third-order valence-electron chi connectivity index (χ3n) is 4.35. The first-order valence-electron chi connectivity index (χ1n) is 7.16. The molecule has 0 radical (unpaired) electrons. The van der Waals surface area contributed by atoms with Gasteiger partial charge in [-0.25, -0.2) is 0 Å². The number of rotatable bonds is 5. The van der Waals surface area contributed by atoms with Crippen LogP contribution in [0.2, 0.25) is 0 Å². The van der Waals surface area contributed by atoms with Gasteiger partial charge in [0, 0.05) is 6.61 Å². The van der Waals surface area contributed by atoms with E-state index >= 15 is 0 Å². The predicted octanol–water partition coefficient (Wildman–Crippen LogP) is 2.39. The van der Waals surface area contributed by atoms with Gasteiger partial charge in [-0.2, -0.15) is 0 Å². The monoisotopic (exact) mass is 239 g/mol. The van der Waals surface area contributed by atoms with E-state index in [-0.39, 0.29) is 5.54 Å². The number of likely N-dealkylation sites (tertiary alicyclic amines) is 1.